The molecule has 7 aromatic carbocycles. The smallest absolute Gasteiger partial charge is 0.0646 e. The second kappa shape index (κ2) is 12.4. The van der Waals surface area contributed by atoms with Gasteiger partial charge < -0.3 is 9.47 Å². The van der Waals surface area contributed by atoms with E-state index in [9.17, 15) is 0 Å². The molecule has 0 aliphatic heterocycles. The number of para-hydroxylation sites is 3. The van der Waals surface area contributed by atoms with E-state index in [1.807, 2.05) is 0 Å². The maximum absolute atomic E-state index is 2.56. The van der Waals surface area contributed by atoms with Gasteiger partial charge in [-0.15, -0.1) is 0 Å². The molecular formula is C52H42N2. The maximum atomic E-state index is 2.56. The van der Waals surface area contributed by atoms with E-state index in [0.717, 1.165) is 6.42 Å². The van der Waals surface area contributed by atoms with Crippen LogP contribution in [0.15, 0.2) is 194 Å². The summed E-state index contributed by atoms with van der Waals surface area (Å²) in [5.41, 5.74) is 16.1. The summed E-state index contributed by atoms with van der Waals surface area (Å²) in [7, 11) is 0. The average Bonchev–Trinajstić information content (AvgIpc) is 3.66. The van der Waals surface area contributed by atoms with Gasteiger partial charge >= 0.3 is 0 Å². The first-order chi connectivity index (χ1) is 26.4. The molecule has 0 spiro atoms. The fraction of sp³-hybridized carbons (Fsp3) is 0.115. The van der Waals surface area contributed by atoms with Crippen LogP contribution in [0.25, 0.3) is 55.3 Å². The van der Waals surface area contributed by atoms with Crippen molar-refractivity contribution in [2.75, 3.05) is 4.90 Å². The molecule has 1 heterocycles. The Balaban J connectivity index is 1.05. The summed E-state index contributed by atoms with van der Waals surface area (Å²) < 4.78 is 2.38. The van der Waals surface area contributed by atoms with Crippen molar-refractivity contribution in [2.45, 2.75) is 38.1 Å². The molecule has 2 aliphatic rings. The summed E-state index contributed by atoms with van der Waals surface area (Å²) >= 11 is 0. The Bertz CT molecular complexity index is 2780. The SMILES string of the molecule is CC1(C)C2=CC(C)(N(c3ccccc3)c3cccc(-c4cccc(-c5ccc6c(c5)c5ccccc5n6-c5ccccc5)c4)c3)CC=C2c2ccccc21. The first-order valence-corrected chi connectivity index (χ1v) is 19.1. The Kier molecular flexibility index (Phi) is 7.39. The molecule has 54 heavy (non-hydrogen) atoms. The summed E-state index contributed by atoms with van der Waals surface area (Å²) in [6.45, 7) is 7.16. The van der Waals surface area contributed by atoms with Crippen molar-refractivity contribution in [2.24, 2.45) is 0 Å². The summed E-state index contributed by atoms with van der Waals surface area (Å²) in [5, 5.41) is 2.53. The number of hydrogen-bond donors (Lipinski definition) is 0. The largest absolute Gasteiger partial charge is 0.332 e. The molecule has 1 aromatic heterocycles. The van der Waals surface area contributed by atoms with E-state index in [2.05, 4.69) is 218 Å². The Morgan fingerprint density at radius 1 is 0.500 bits per heavy atom. The second-order valence-electron chi connectivity index (χ2n) is 15.6. The molecule has 0 N–H and O–H groups in total. The van der Waals surface area contributed by atoms with Crippen LogP contribution in [0.2, 0.25) is 0 Å². The highest BCUT2D eigenvalue weighted by Gasteiger charge is 2.43. The highest BCUT2D eigenvalue weighted by atomic mass is 15.2. The number of rotatable bonds is 6. The van der Waals surface area contributed by atoms with Crippen LogP contribution in [0.5, 0.6) is 0 Å². The third-order valence-corrected chi connectivity index (χ3v) is 11.9. The normalized spacial score (nSPS) is 17.2. The lowest BCUT2D eigenvalue weighted by Crippen LogP contribution is -2.43. The van der Waals surface area contributed by atoms with Crippen molar-refractivity contribution in [1.82, 2.24) is 4.57 Å². The zero-order valence-corrected chi connectivity index (χ0v) is 31.0. The van der Waals surface area contributed by atoms with Crippen molar-refractivity contribution in [1.29, 1.82) is 0 Å². The predicted molar refractivity (Wildman–Crippen MR) is 229 cm³/mol. The molecule has 0 saturated carbocycles. The van der Waals surface area contributed by atoms with Gasteiger partial charge in [0.05, 0.1) is 16.6 Å². The molecule has 0 radical (unpaired) electrons. The number of nitrogens with zero attached hydrogens (tertiary/aromatic N) is 2. The first-order valence-electron chi connectivity index (χ1n) is 19.1. The molecule has 260 valence electrons. The quantitative estimate of drug-likeness (QED) is 0.168. The third-order valence-electron chi connectivity index (χ3n) is 11.9. The highest BCUT2D eigenvalue weighted by Crippen LogP contribution is 2.54. The zero-order chi connectivity index (χ0) is 36.4. The minimum Gasteiger partial charge on any atom is -0.332 e. The standard InChI is InChI=1S/C52H42N2/c1-51(2)47-26-12-10-24-43(47)44-30-31-52(3,35-48(44)51)54(41-21-8-5-9-22-41)42-23-15-18-38(33-42)36-16-14-17-37(32-36)39-28-29-50-46(34-39)45-25-11-13-27-49(45)53(50)40-19-6-4-7-20-40/h4-30,32-35H,31H2,1-3H3. The van der Waals surface area contributed by atoms with Gasteiger partial charge in [-0.05, 0) is 119 Å². The molecule has 2 nitrogen and oxygen atoms in total. The minimum absolute atomic E-state index is 0.0613. The second-order valence-corrected chi connectivity index (χ2v) is 15.6. The zero-order valence-electron chi connectivity index (χ0n) is 31.0. The molecule has 0 fully saturated rings. The van der Waals surface area contributed by atoms with Gasteiger partial charge in [0.15, 0.2) is 0 Å². The molecule has 0 amide bonds. The molecule has 2 heteroatoms. The van der Waals surface area contributed by atoms with E-state index in [1.165, 1.54) is 83.4 Å². The monoisotopic (exact) mass is 694 g/mol. The number of anilines is 2. The van der Waals surface area contributed by atoms with Gasteiger partial charge in [-0.1, -0.05) is 141 Å². The fourth-order valence-electron chi connectivity index (χ4n) is 9.23. The molecule has 1 unspecified atom stereocenters. The van der Waals surface area contributed by atoms with Crippen molar-refractivity contribution < 1.29 is 0 Å². The van der Waals surface area contributed by atoms with E-state index in [-0.39, 0.29) is 11.0 Å². The lowest BCUT2D eigenvalue weighted by atomic mass is 9.76. The summed E-state index contributed by atoms with van der Waals surface area (Å²) in [4.78, 5) is 2.55. The molecular weight excluding hydrogens is 653 g/mol. The molecule has 0 bridgehead atoms. The van der Waals surface area contributed by atoms with Crippen molar-refractivity contribution in [3.8, 4) is 27.9 Å². The Morgan fingerprint density at radius 3 is 1.91 bits per heavy atom. The van der Waals surface area contributed by atoms with Gasteiger partial charge in [0, 0.05) is 33.2 Å². The molecule has 8 aromatic rings. The van der Waals surface area contributed by atoms with Gasteiger partial charge in [-0.25, -0.2) is 0 Å². The summed E-state index contributed by atoms with van der Waals surface area (Å²) in [5.74, 6) is 0. The van der Waals surface area contributed by atoms with E-state index in [4.69, 9.17) is 0 Å². The van der Waals surface area contributed by atoms with Gasteiger partial charge in [0.2, 0.25) is 0 Å². The Hall–Kier alpha value is -6.38. The van der Waals surface area contributed by atoms with Gasteiger partial charge in [0.1, 0.15) is 0 Å². The van der Waals surface area contributed by atoms with Crippen LogP contribution in [0.1, 0.15) is 38.3 Å². The van der Waals surface area contributed by atoms with Crippen LogP contribution in [0.4, 0.5) is 11.4 Å². The topological polar surface area (TPSA) is 8.17 Å². The molecule has 1 atom stereocenters. The van der Waals surface area contributed by atoms with Crippen molar-refractivity contribution >= 4 is 38.8 Å². The number of aromatic nitrogens is 1. The van der Waals surface area contributed by atoms with Crippen molar-refractivity contribution in [3.05, 3.63) is 205 Å². The summed E-state index contributed by atoms with van der Waals surface area (Å²) in [6, 6.07) is 64.3. The predicted octanol–water partition coefficient (Wildman–Crippen LogP) is 13.7. The molecule has 2 aliphatic carbocycles. The number of hydrogen-bond acceptors (Lipinski definition) is 1. The van der Waals surface area contributed by atoms with Crippen LogP contribution >= 0.6 is 0 Å². The van der Waals surface area contributed by atoms with E-state index < -0.39 is 0 Å². The molecule has 10 rings (SSSR count). The number of allylic oxidation sites excluding steroid dienone is 2. The third kappa shape index (κ3) is 5.09. The minimum atomic E-state index is -0.270. The highest BCUT2D eigenvalue weighted by molar-refractivity contribution is 6.10. The van der Waals surface area contributed by atoms with Crippen LogP contribution in [-0.4, -0.2) is 10.1 Å². The lowest BCUT2D eigenvalue weighted by Gasteiger charge is -2.44. The number of benzene rings is 7. The number of fused-ring (bicyclic) bond motifs is 6. The lowest BCUT2D eigenvalue weighted by molar-refractivity contribution is 0.550. The van der Waals surface area contributed by atoms with Crippen LogP contribution in [0.3, 0.4) is 0 Å². The maximum Gasteiger partial charge on any atom is 0.0646 e. The molecule has 0 saturated heterocycles. The van der Waals surface area contributed by atoms with Crippen LogP contribution in [0, 0.1) is 0 Å². The van der Waals surface area contributed by atoms with Crippen LogP contribution in [-0.2, 0) is 5.41 Å². The average molecular weight is 695 g/mol. The van der Waals surface area contributed by atoms with Gasteiger partial charge in [-0.2, -0.15) is 0 Å². The van der Waals surface area contributed by atoms with Gasteiger partial charge in [0.25, 0.3) is 0 Å². The Labute approximate surface area is 318 Å². The van der Waals surface area contributed by atoms with E-state index in [0.29, 0.717) is 0 Å². The van der Waals surface area contributed by atoms with Gasteiger partial charge in [-0.3, -0.25) is 0 Å². The van der Waals surface area contributed by atoms with Crippen molar-refractivity contribution in [3.63, 3.8) is 0 Å². The van der Waals surface area contributed by atoms with E-state index >= 15 is 0 Å². The Morgan fingerprint density at radius 2 is 1.11 bits per heavy atom. The summed E-state index contributed by atoms with van der Waals surface area (Å²) in [6.07, 6.45) is 5.96. The first kappa shape index (κ1) is 32.3. The van der Waals surface area contributed by atoms with Crippen LogP contribution < -0.4 is 4.90 Å². The fourth-order valence-corrected chi connectivity index (χ4v) is 9.23. The van der Waals surface area contributed by atoms with E-state index in [1.54, 1.807) is 0 Å².